The van der Waals surface area contributed by atoms with Crippen LogP contribution in [-0.2, 0) is 19.5 Å². The molecule has 39 heavy (non-hydrogen) atoms. The highest BCUT2D eigenvalue weighted by Crippen LogP contribution is 2.27. The van der Waals surface area contributed by atoms with E-state index in [0.29, 0.717) is 12.0 Å². The molecule has 9 heteroatoms. The van der Waals surface area contributed by atoms with Crippen molar-refractivity contribution in [3.63, 3.8) is 0 Å². The Balaban J connectivity index is 1.56. The van der Waals surface area contributed by atoms with Gasteiger partial charge in [0.2, 0.25) is 0 Å². The van der Waals surface area contributed by atoms with Crippen molar-refractivity contribution in [3.05, 3.63) is 120 Å². The van der Waals surface area contributed by atoms with E-state index in [4.69, 9.17) is 4.42 Å². The van der Waals surface area contributed by atoms with Crippen LogP contribution in [0.4, 0.5) is 4.79 Å². The van der Waals surface area contributed by atoms with Gasteiger partial charge in [0.25, 0.3) is 0 Å². The van der Waals surface area contributed by atoms with Crippen LogP contribution in [0.5, 0.6) is 11.5 Å². The average molecular weight is 528 g/mol. The molecule has 1 saturated heterocycles. The van der Waals surface area contributed by atoms with Crippen LogP contribution < -0.4 is 0 Å². The zero-order chi connectivity index (χ0) is 27.4. The molecule has 2 heterocycles. The van der Waals surface area contributed by atoms with Gasteiger partial charge < -0.3 is 24.6 Å². The Morgan fingerprint density at radius 2 is 1.41 bits per heavy atom. The van der Waals surface area contributed by atoms with Crippen molar-refractivity contribution >= 4 is 11.9 Å². The van der Waals surface area contributed by atoms with Crippen LogP contribution in [0, 0.1) is 0 Å². The number of amides is 3. The van der Waals surface area contributed by atoms with E-state index in [-0.39, 0.29) is 36.9 Å². The van der Waals surface area contributed by atoms with Gasteiger partial charge >= 0.3 is 11.9 Å². The fraction of sp³-hybridized carbons (Fsp3) is 0.200. The van der Waals surface area contributed by atoms with Crippen molar-refractivity contribution in [3.8, 4) is 11.5 Å². The van der Waals surface area contributed by atoms with E-state index in [0.717, 1.165) is 11.1 Å². The number of aliphatic hydroxyl groups excluding tert-OH is 1. The number of hydrazine groups is 1. The van der Waals surface area contributed by atoms with Crippen molar-refractivity contribution in [2.75, 3.05) is 6.54 Å². The molecule has 4 aromatic rings. The summed E-state index contributed by atoms with van der Waals surface area (Å²) < 4.78 is 5.35. The van der Waals surface area contributed by atoms with Crippen LogP contribution in [0.2, 0.25) is 0 Å². The predicted molar refractivity (Wildman–Crippen MR) is 142 cm³/mol. The Morgan fingerprint density at radius 1 is 0.795 bits per heavy atom. The summed E-state index contributed by atoms with van der Waals surface area (Å²) in [5.41, 5.74) is 2.36. The highest BCUT2D eigenvalue weighted by Gasteiger charge is 2.42. The molecule has 9 nitrogen and oxygen atoms in total. The fourth-order valence-electron chi connectivity index (χ4n) is 4.73. The lowest BCUT2D eigenvalue weighted by Crippen LogP contribution is -2.52. The molecule has 1 fully saturated rings. The first kappa shape index (κ1) is 25.9. The van der Waals surface area contributed by atoms with E-state index in [1.165, 1.54) is 34.5 Å². The lowest BCUT2D eigenvalue weighted by Gasteiger charge is -2.36. The third-order valence-corrected chi connectivity index (χ3v) is 6.77. The van der Waals surface area contributed by atoms with Crippen molar-refractivity contribution in [1.82, 2.24) is 14.9 Å². The summed E-state index contributed by atoms with van der Waals surface area (Å²) in [4.78, 5) is 29.5. The van der Waals surface area contributed by atoms with Gasteiger partial charge in [-0.3, -0.25) is 4.79 Å². The number of carbonyl (C=O) groups is 2. The number of carbonyl (C=O) groups excluding carboxylic acids is 2. The fourth-order valence-corrected chi connectivity index (χ4v) is 4.73. The molecule has 0 unspecified atom stereocenters. The van der Waals surface area contributed by atoms with Gasteiger partial charge in [-0.1, -0.05) is 54.6 Å². The van der Waals surface area contributed by atoms with Crippen molar-refractivity contribution in [2.24, 2.45) is 0 Å². The average Bonchev–Trinajstić information content (AvgIpc) is 3.47. The Kier molecular flexibility index (Phi) is 7.51. The van der Waals surface area contributed by atoms with Gasteiger partial charge in [-0.2, -0.15) is 0 Å². The second kappa shape index (κ2) is 11.3. The standard InChI is InChI=1S/C30H29N3O6/c34-24-12-8-22(9-13-24)18-31-26(17-21-5-2-1-3-6-21)27(36)20-32(29(37)28-7-4-16-39-28)33(30(31)38)19-23-10-14-25(35)15-11-23/h1-16,26-27,34-36H,17-20H2/t26-,27-/m1/s1. The Bertz CT molecular complexity index is 1390. The molecule has 0 bridgehead atoms. The summed E-state index contributed by atoms with van der Waals surface area (Å²) in [5.74, 6) is -0.337. The lowest BCUT2D eigenvalue weighted by molar-refractivity contribution is -0.00661. The third-order valence-electron chi connectivity index (χ3n) is 6.77. The monoisotopic (exact) mass is 527 g/mol. The highest BCUT2D eigenvalue weighted by atomic mass is 16.3. The number of hydrogen-bond donors (Lipinski definition) is 3. The van der Waals surface area contributed by atoms with Gasteiger partial charge in [0, 0.05) is 6.54 Å². The second-order valence-electron chi connectivity index (χ2n) is 9.49. The maximum absolute atomic E-state index is 14.3. The molecule has 1 aliphatic rings. The topological polar surface area (TPSA) is 118 Å². The minimum Gasteiger partial charge on any atom is -0.508 e. The minimum atomic E-state index is -1.09. The SMILES string of the molecule is O=C(c1ccco1)N1C[C@@H](O)[C@@H](Cc2ccccc2)N(Cc2ccc(O)cc2)C(=O)N1Cc1ccc(O)cc1. The van der Waals surface area contributed by atoms with Crippen LogP contribution in [-0.4, -0.2) is 60.9 Å². The summed E-state index contributed by atoms with van der Waals surface area (Å²) in [6, 6.07) is 24.4. The predicted octanol–water partition coefficient (Wildman–Crippen LogP) is 4.16. The number of benzene rings is 3. The van der Waals surface area contributed by atoms with E-state index in [1.54, 1.807) is 47.4 Å². The zero-order valence-corrected chi connectivity index (χ0v) is 21.1. The van der Waals surface area contributed by atoms with Crippen LogP contribution in [0.1, 0.15) is 27.2 Å². The third kappa shape index (κ3) is 5.89. The maximum atomic E-state index is 14.3. The van der Waals surface area contributed by atoms with Crippen LogP contribution in [0.25, 0.3) is 0 Å². The number of phenolic OH excluding ortho intramolecular Hbond substituents is 2. The summed E-state index contributed by atoms with van der Waals surface area (Å²) in [6.45, 7) is 0.0118. The van der Waals surface area contributed by atoms with Gasteiger partial charge in [0.05, 0.1) is 31.5 Å². The van der Waals surface area contributed by atoms with Gasteiger partial charge in [-0.05, 0) is 59.5 Å². The first-order valence-corrected chi connectivity index (χ1v) is 12.6. The molecule has 1 aliphatic heterocycles. The van der Waals surface area contributed by atoms with Crippen LogP contribution in [0.15, 0.2) is 102 Å². The van der Waals surface area contributed by atoms with Crippen LogP contribution in [0.3, 0.4) is 0 Å². The Labute approximate surface area is 225 Å². The smallest absolute Gasteiger partial charge is 0.339 e. The molecule has 0 radical (unpaired) electrons. The van der Waals surface area contributed by atoms with Crippen LogP contribution >= 0.6 is 0 Å². The molecule has 0 aliphatic carbocycles. The van der Waals surface area contributed by atoms with Crippen molar-refractivity contribution in [2.45, 2.75) is 31.7 Å². The number of nitrogens with zero attached hydrogens (tertiary/aromatic N) is 3. The van der Waals surface area contributed by atoms with Crippen molar-refractivity contribution < 1.29 is 29.3 Å². The highest BCUT2D eigenvalue weighted by molar-refractivity contribution is 5.93. The molecule has 1 aromatic heterocycles. The maximum Gasteiger partial charge on any atom is 0.339 e. The number of phenols is 2. The van der Waals surface area contributed by atoms with Gasteiger partial charge in [0.1, 0.15) is 11.5 Å². The molecule has 3 N–H and O–H groups in total. The normalized spacial score (nSPS) is 17.8. The number of furan rings is 1. The number of aliphatic hydroxyl groups is 1. The molecule has 0 spiro atoms. The molecule has 0 saturated carbocycles. The summed E-state index contributed by atoms with van der Waals surface area (Å²) in [6.07, 6.45) is 0.653. The first-order valence-electron chi connectivity index (χ1n) is 12.6. The lowest BCUT2D eigenvalue weighted by atomic mass is 9.99. The largest absolute Gasteiger partial charge is 0.508 e. The summed E-state index contributed by atoms with van der Waals surface area (Å²) >= 11 is 0. The quantitative estimate of drug-likeness (QED) is 0.332. The van der Waals surface area contributed by atoms with E-state index in [1.807, 2.05) is 30.3 Å². The number of rotatable bonds is 7. The van der Waals surface area contributed by atoms with Gasteiger partial charge in [0.15, 0.2) is 5.76 Å². The summed E-state index contributed by atoms with van der Waals surface area (Å²) in [5, 5.41) is 33.6. The van der Waals surface area contributed by atoms with E-state index < -0.39 is 24.1 Å². The van der Waals surface area contributed by atoms with Crippen molar-refractivity contribution in [1.29, 1.82) is 0 Å². The first-order chi connectivity index (χ1) is 18.9. The Morgan fingerprint density at radius 3 is 2.00 bits per heavy atom. The molecular weight excluding hydrogens is 498 g/mol. The number of hydrogen-bond acceptors (Lipinski definition) is 6. The zero-order valence-electron chi connectivity index (χ0n) is 21.1. The molecule has 5 rings (SSSR count). The summed E-state index contributed by atoms with van der Waals surface area (Å²) in [7, 11) is 0. The van der Waals surface area contributed by atoms with E-state index in [2.05, 4.69) is 0 Å². The number of β-amino-alcohol motifs (C(OH)–C–C–N with tert-alkyl or cyclic N) is 1. The molecule has 200 valence electrons. The van der Waals surface area contributed by atoms with E-state index in [9.17, 15) is 24.9 Å². The van der Waals surface area contributed by atoms with Gasteiger partial charge in [-0.25, -0.2) is 14.8 Å². The number of urea groups is 1. The Hall–Kier alpha value is -4.76. The second-order valence-corrected chi connectivity index (χ2v) is 9.49. The number of aromatic hydroxyl groups is 2. The molecular formula is C30H29N3O6. The molecule has 3 amide bonds. The molecule has 2 atom stereocenters. The van der Waals surface area contributed by atoms with Gasteiger partial charge in [-0.15, -0.1) is 0 Å². The van der Waals surface area contributed by atoms with E-state index >= 15 is 0 Å². The minimum absolute atomic E-state index is 0.0163. The molecule has 3 aromatic carbocycles.